The van der Waals surface area contributed by atoms with Gasteiger partial charge in [-0.15, -0.1) is 0 Å². The summed E-state index contributed by atoms with van der Waals surface area (Å²) in [6.45, 7) is 7.53. The van der Waals surface area contributed by atoms with E-state index in [-0.39, 0.29) is 6.23 Å². The first-order valence-corrected chi connectivity index (χ1v) is 5.70. The van der Waals surface area contributed by atoms with Crippen LogP contribution in [-0.2, 0) is 14.3 Å². The molecule has 0 bridgehead atoms. The largest absolute Gasteiger partial charge is 0.481 e. The Morgan fingerprint density at radius 1 is 1.25 bits per heavy atom. The normalized spacial score (nSPS) is 12.5. The van der Waals surface area contributed by atoms with Gasteiger partial charge in [0, 0.05) is 0 Å². The van der Waals surface area contributed by atoms with Gasteiger partial charge >= 0.3 is 11.9 Å². The summed E-state index contributed by atoms with van der Waals surface area (Å²) in [6.07, 6.45) is 0.752. The highest BCUT2D eigenvalue weighted by molar-refractivity contribution is 5.90. The molecule has 0 fully saturated rings. The van der Waals surface area contributed by atoms with E-state index >= 15 is 0 Å². The third-order valence-electron chi connectivity index (χ3n) is 2.32. The van der Waals surface area contributed by atoms with Gasteiger partial charge in [0.15, 0.2) is 6.23 Å². The molecule has 0 aromatic rings. The number of hydrogen-bond donors (Lipinski definition) is 1. The van der Waals surface area contributed by atoms with E-state index in [0.29, 0.717) is 0 Å². The molecule has 0 radical (unpaired) electrons. The minimum absolute atomic E-state index is 0.299. The molecule has 0 amide bonds. The van der Waals surface area contributed by atoms with Gasteiger partial charge in [-0.1, -0.05) is 27.2 Å². The van der Waals surface area contributed by atoms with E-state index in [9.17, 15) is 9.59 Å². The van der Waals surface area contributed by atoms with Crippen molar-refractivity contribution in [2.75, 3.05) is 13.1 Å². The second kappa shape index (κ2) is 8.10. The van der Waals surface area contributed by atoms with Crippen LogP contribution in [-0.4, -0.2) is 41.3 Å². The lowest BCUT2D eigenvalue weighted by Gasteiger charge is -2.28. The van der Waals surface area contributed by atoms with Crippen LogP contribution in [0.2, 0.25) is 0 Å². The fourth-order valence-corrected chi connectivity index (χ4v) is 1.51. The molecule has 0 aliphatic rings. The van der Waals surface area contributed by atoms with E-state index in [1.165, 1.54) is 0 Å². The number of carboxylic acid groups (broad SMARTS) is 1. The fraction of sp³-hybridized carbons (Fsp3) is 0.818. The Morgan fingerprint density at radius 3 is 2.19 bits per heavy atom. The number of aliphatic carboxylic acids is 1. The minimum Gasteiger partial charge on any atom is -0.481 e. The van der Waals surface area contributed by atoms with Gasteiger partial charge in [0.25, 0.3) is 0 Å². The Bertz CT molecular complexity index is 226. The van der Waals surface area contributed by atoms with Crippen LogP contribution in [0, 0.1) is 0 Å². The molecule has 1 unspecified atom stereocenters. The van der Waals surface area contributed by atoms with Crippen LogP contribution in [0.3, 0.4) is 0 Å². The molecule has 0 spiro atoms. The van der Waals surface area contributed by atoms with Crippen LogP contribution in [0.5, 0.6) is 0 Å². The van der Waals surface area contributed by atoms with E-state index in [1.54, 1.807) is 0 Å². The fourth-order valence-electron chi connectivity index (χ4n) is 1.51. The molecule has 1 N–H and O–H groups in total. The lowest BCUT2D eigenvalue weighted by atomic mass is 10.2. The zero-order valence-electron chi connectivity index (χ0n) is 10.2. The van der Waals surface area contributed by atoms with Gasteiger partial charge in [-0.25, -0.2) is 0 Å². The first kappa shape index (κ1) is 14.9. The van der Waals surface area contributed by atoms with Crippen molar-refractivity contribution in [3.8, 4) is 0 Å². The number of carbonyl (C=O) groups is 2. The number of carbonyl (C=O) groups excluding carboxylic acids is 1. The van der Waals surface area contributed by atoms with Gasteiger partial charge in [0.1, 0.15) is 6.42 Å². The van der Waals surface area contributed by atoms with E-state index in [0.717, 1.165) is 25.9 Å². The molecule has 0 aliphatic carbocycles. The summed E-state index contributed by atoms with van der Waals surface area (Å²) >= 11 is 0. The third kappa shape index (κ3) is 5.70. The van der Waals surface area contributed by atoms with Crippen molar-refractivity contribution < 1.29 is 19.4 Å². The van der Waals surface area contributed by atoms with Crippen LogP contribution in [0.15, 0.2) is 0 Å². The number of carboxylic acids is 1. The maximum atomic E-state index is 11.2. The summed E-state index contributed by atoms with van der Waals surface area (Å²) in [5.74, 6) is -1.82. The molecule has 0 aromatic heterocycles. The molecule has 0 saturated heterocycles. The Morgan fingerprint density at radius 2 is 1.81 bits per heavy atom. The lowest BCUT2D eigenvalue weighted by molar-refractivity contribution is -0.163. The predicted molar refractivity (Wildman–Crippen MR) is 60.0 cm³/mol. The van der Waals surface area contributed by atoms with Crippen LogP contribution >= 0.6 is 0 Å². The Balaban J connectivity index is 4.30. The van der Waals surface area contributed by atoms with Crippen molar-refractivity contribution in [1.82, 2.24) is 4.90 Å². The van der Waals surface area contributed by atoms with E-state index in [2.05, 4.69) is 0 Å². The number of nitrogens with zero attached hydrogens (tertiary/aromatic N) is 1. The summed E-state index contributed by atoms with van der Waals surface area (Å²) in [6, 6.07) is 0. The molecule has 0 heterocycles. The molecule has 0 saturated carbocycles. The summed E-state index contributed by atoms with van der Waals surface area (Å²) in [7, 11) is 0. The van der Waals surface area contributed by atoms with E-state index < -0.39 is 18.4 Å². The zero-order chi connectivity index (χ0) is 12.6. The predicted octanol–water partition coefficient (Wildman–Crippen LogP) is 1.47. The van der Waals surface area contributed by atoms with Crippen molar-refractivity contribution in [3.63, 3.8) is 0 Å². The summed E-state index contributed by atoms with van der Waals surface area (Å²) in [5, 5.41) is 8.47. The second-order valence-electron chi connectivity index (χ2n) is 3.52. The first-order chi connectivity index (χ1) is 7.54. The molecule has 0 aliphatic heterocycles. The second-order valence-corrected chi connectivity index (χ2v) is 3.52. The molecular formula is C11H21NO4. The monoisotopic (exact) mass is 231 g/mol. The van der Waals surface area contributed by atoms with Crippen molar-refractivity contribution in [2.24, 2.45) is 0 Å². The highest BCUT2D eigenvalue weighted by Gasteiger charge is 2.20. The van der Waals surface area contributed by atoms with Gasteiger partial charge in [0.05, 0.1) is 0 Å². The molecule has 5 heteroatoms. The quantitative estimate of drug-likeness (QED) is 0.389. The molecule has 16 heavy (non-hydrogen) atoms. The maximum Gasteiger partial charge on any atom is 0.318 e. The molecule has 0 rings (SSSR count). The molecular weight excluding hydrogens is 210 g/mol. The van der Waals surface area contributed by atoms with Crippen molar-refractivity contribution in [2.45, 2.75) is 46.3 Å². The van der Waals surface area contributed by atoms with Gasteiger partial charge < -0.3 is 9.84 Å². The average Bonchev–Trinajstić information content (AvgIpc) is 2.18. The van der Waals surface area contributed by atoms with Crippen LogP contribution in [0.4, 0.5) is 0 Å². The van der Waals surface area contributed by atoms with Gasteiger partial charge in [0.2, 0.25) is 0 Å². The number of hydrogen-bond acceptors (Lipinski definition) is 4. The SMILES string of the molecule is CCCC(OC(=O)CC(=O)O)N(CC)CC. The Labute approximate surface area is 96.4 Å². The number of ether oxygens (including phenoxy) is 1. The zero-order valence-corrected chi connectivity index (χ0v) is 10.2. The van der Waals surface area contributed by atoms with Gasteiger partial charge in [-0.2, -0.15) is 0 Å². The average molecular weight is 231 g/mol. The number of rotatable bonds is 8. The Kier molecular flexibility index (Phi) is 7.54. The van der Waals surface area contributed by atoms with Gasteiger partial charge in [-0.3, -0.25) is 14.5 Å². The van der Waals surface area contributed by atoms with Crippen molar-refractivity contribution >= 4 is 11.9 Å². The molecule has 94 valence electrons. The smallest absolute Gasteiger partial charge is 0.318 e. The maximum absolute atomic E-state index is 11.2. The van der Waals surface area contributed by atoms with Crippen LogP contribution in [0.25, 0.3) is 0 Å². The molecule has 0 aromatic carbocycles. The van der Waals surface area contributed by atoms with Gasteiger partial charge in [-0.05, 0) is 19.5 Å². The topological polar surface area (TPSA) is 66.8 Å². The highest BCUT2D eigenvalue weighted by atomic mass is 16.6. The summed E-state index contributed by atoms with van der Waals surface area (Å²) in [4.78, 5) is 23.6. The third-order valence-corrected chi connectivity index (χ3v) is 2.32. The van der Waals surface area contributed by atoms with E-state index in [4.69, 9.17) is 9.84 Å². The van der Waals surface area contributed by atoms with Crippen LogP contribution in [0.1, 0.15) is 40.0 Å². The lowest BCUT2D eigenvalue weighted by Crippen LogP contribution is -2.38. The first-order valence-electron chi connectivity index (χ1n) is 5.70. The Hall–Kier alpha value is -1.10. The summed E-state index contributed by atoms with van der Waals surface area (Å²) < 4.78 is 5.15. The highest BCUT2D eigenvalue weighted by Crippen LogP contribution is 2.09. The standard InChI is InChI=1S/C11H21NO4/c1-4-7-9(12(5-2)6-3)16-11(15)8-10(13)14/h9H,4-8H2,1-3H3,(H,13,14). The van der Waals surface area contributed by atoms with Crippen molar-refractivity contribution in [1.29, 1.82) is 0 Å². The molecule has 1 atom stereocenters. The van der Waals surface area contributed by atoms with Crippen molar-refractivity contribution in [3.05, 3.63) is 0 Å². The molecule has 5 nitrogen and oxygen atoms in total. The summed E-state index contributed by atoms with van der Waals surface area (Å²) in [5.41, 5.74) is 0. The minimum atomic E-state index is -1.15. The van der Waals surface area contributed by atoms with E-state index in [1.807, 2.05) is 25.7 Å². The van der Waals surface area contributed by atoms with Crippen LogP contribution < -0.4 is 0 Å². The number of esters is 1.